The fourth-order valence-electron chi connectivity index (χ4n) is 2.32. The van der Waals surface area contributed by atoms with Crippen LogP contribution in [-0.2, 0) is 11.2 Å². The molecule has 0 bridgehead atoms. The Balaban J connectivity index is 1.62. The molecule has 9 nitrogen and oxygen atoms in total. The SMILES string of the molecule is CN=C(NCCCc1nc(C)no1)NC1CN(C(=O)OC(C)(C)C)C1. The van der Waals surface area contributed by atoms with Crippen molar-refractivity contribution < 1.29 is 14.1 Å². The molecule has 1 aliphatic heterocycles. The molecule has 1 saturated heterocycles. The zero-order valence-corrected chi connectivity index (χ0v) is 15.6. The van der Waals surface area contributed by atoms with Gasteiger partial charge in [0.2, 0.25) is 5.89 Å². The number of carbonyl (C=O) groups is 1. The highest BCUT2D eigenvalue weighted by atomic mass is 16.6. The molecule has 0 aromatic carbocycles. The number of amides is 1. The van der Waals surface area contributed by atoms with E-state index < -0.39 is 5.60 Å². The monoisotopic (exact) mass is 352 g/mol. The maximum atomic E-state index is 11.9. The van der Waals surface area contributed by atoms with Crippen molar-refractivity contribution in [1.82, 2.24) is 25.7 Å². The van der Waals surface area contributed by atoms with E-state index in [9.17, 15) is 4.79 Å². The molecule has 0 unspecified atom stereocenters. The van der Waals surface area contributed by atoms with Crippen molar-refractivity contribution in [2.45, 2.75) is 52.2 Å². The minimum absolute atomic E-state index is 0.178. The lowest BCUT2D eigenvalue weighted by atomic mass is 10.1. The van der Waals surface area contributed by atoms with Crippen LogP contribution < -0.4 is 10.6 Å². The second-order valence-electron chi connectivity index (χ2n) is 7.06. The van der Waals surface area contributed by atoms with Crippen molar-refractivity contribution in [3.8, 4) is 0 Å². The summed E-state index contributed by atoms with van der Waals surface area (Å²) in [5, 5.41) is 10.3. The highest BCUT2D eigenvalue weighted by molar-refractivity contribution is 5.80. The summed E-state index contributed by atoms with van der Waals surface area (Å²) in [6.45, 7) is 9.35. The maximum Gasteiger partial charge on any atom is 0.410 e. The summed E-state index contributed by atoms with van der Waals surface area (Å²) in [5.41, 5.74) is -0.468. The van der Waals surface area contributed by atoms with Crippen molar-refractivity contribution >= 4 is 12.1 Å². The van der Waals surface area contributed by atoms with Crippen LogP contribution in [0.15, 0.2) is 9.52 Å². The molecule has 1 aliphatic rings. The Morgan fingerprint density at radius 1 is 1.44 bits per heavy atom. The zero-order valence-electron chi connectivity index (χ0n) is 15.6. The molecule has 1 aromatic rings. The van der Waals surface area contributed by atoms with Gasteiger partial charge in [-0.2, -0.15) is 4.98 Å². The summed E-state index contributed by atoms with van der Waals surface area (Å²) in [6.07, 6.45) is 1.31. The van der Waals surface area contributed by atoms with Gasteiger partial charge in [0.1, 0.15) is 5.60 Å². The number of hydrogen-bond donors (Lipinski definition) is 2. The summed E-state index contributed by atoms with van der Waals surface area (Å²) in [7, 11) is 1.72. The summed E-state index contributed by atoms with van der Waals surface area (Å²) in [5.74, 6) is 2.02. The van der Waals surface area contributed by atoms with E-state index >= 15 is 0 Å². The topological polar surface area (TPSA) is 105 Å². The van der Waals surface area contributed by atoms with E-state index in [-0.39, 0.29) is 12.1 Å². The molecule has 0 aliphatic carbocycles. The molecule has 0 saturated carbocycles. The van der Waals surface area contributed by atoms with Crippen LogP contribution in [0.4, 0.5) is 4.79 Å². The third kappa shape index (κ3) is 6.24. The van der Waals surface area contributed by atoms with Crippen LogP contribution in [0.25, 0.3) is 0 Å². The van der Waals surface area contributed by atoms with Gasteiger partial charge in [-0.25, -0.2) is 4.79 Å². The lowest BCUT2D eigenvalue weighted by molar-refractivity contribution is 0.00701. The molecule has 1 fully saturated rings. The highest BCUT2D eigenvalue weighted by Gasteiger charge is 2.34. The molecule has 0 radical (unpaired) electrons. The van der Waals surface area contributed by atoms with Crippen LogP contribution in [0.5, 0.6) is 0 Å². The number of hydrogen-bond acceptors (Lipinski definition) is 6. The van der Waals surface area contributed by atoms with Crippen LogP contribution in [0.2, 0.25) is 0 Å². The fourth-order valence-corrected chi connectivity index (χ4v) is 2.32. The van der Waals surface area contributed by atoms with Gasteiger partial charge in [0, 0.05) is 33.1 Å². The molecule has 9 heteroatoms. The average Bonchev–Trinajstić information content (AvgIpc) is 2.88. The average molecular weight is 352 g/mol. The van der Waals surface area contributed by atoms with Gasteiger partial charge in [0.25, 0.3) is 0 Å². The predicted octanol–water partition coefficient (Wildman–Crippen LogP) is 1.09. The summed E-state index contributed by atoms with van der Waals surface area (Å²) < 4.78 is 10.4. The number of carbonyl (C=O) groups excluding carboxylic acids is 1. The third-order valence-electron chi connectivity index (χ3n) is 3.53. The number of likely N-dealkylation sites (tertiary alicyclic amines) is 1. The Hall–Kier alpha value is -2.32. The lowest BCUT2D eigenvalue weighted by Crippen LogP contribution is -2.63. The van der Waals surface area contributed by atoms with Crippen molar-refractivity contribution in [2.24, 2.45) is 4.99 Å². The Kier molecular flexibility index (Phi) is 6.22. The van der Waals surface area contributed by atoms with E-state index in [2.05, 4.69) is 25.8 Å². The number of nitrogens with zero attached hydrogens (tertiary/aromatic N) is 4. The molecule has 0 spiro atoms. The molecule has 1 aromatic heterocycles. The Labute approximate surface area is 148 Å². The van der Waals surface area contributed by atoms with Crippen LogP contribution in [0.3, 0.4) is 0 Å². The zero-order chi connectivity index (χ0) is 18.4. The quantitative estimate of drug-likeness (QED) is 0.464. The molecular formula is C16H28N6O3. The minimum atomic E-state index is -0.468. The molecule has 2 rings (SSSR count). The first-order valence-corrected chi connectivity index (χ1v) is 8.51. The van der Waals surface area contributed by atoms with Gasteiger partial charge in [-0.15, -0.1) is 0 Å². The number of aromatic nitrogens is 2. The molecule has 140 valence electrons. The van der Waals surface area contributed by atoms with E-state index in [1.165, 1.54) is 0 Å². The lowest BCUT2D eigenvalue weighted by Gasteiger charge is -2.40. The number of aliphatic imine (C=N–C) groups is 1. The Morgan fingerprint density at radius 2 is 2.16 bits per heavy atom. The highest BCUT2D eigenvalue weighted by Crippen LogP contribution is 2.15. The van der Waals surface area contributed by atoms with E-state index in [1.807, 2.05) is 20.8 Å². The molecule has 25 heavy (non-hydrogen) atoms. The Morgan fingerprint density at radius 3 is 2.72 bits per heavy atom. The van der Waals surface area contributed by atoms with Crippen LogP contribution in [-0.4, -0.2) is 65.4 Å². The Bertz CT molecular complexity index is 601. The van der Waals surface area contributed by atoms with Crippen molar-refractivity contribution in [3.05, 3.63) is 11.7 Å². The van der Waals surface area contributed by atoms with Crippen LogP contribution in [0.1, 0.15) is 38.9 Å². The molecule has 2 N–H and O–H groups in total. The summed E-state index contributed by atoms with van der Waals surface area (Å²) in [6, 6.07) is 0.178. The van der Waals surface area contributed by atoms with E-state index in [4.69, 9.17) is 9.26 Å². The summed E-state index contributed by atoms with van der Waals surface area (Å²) >= 11 is 0. The van der Waals surface area contributed by atoms with Crippen LogP contribution >= 0.6 is 0 Å². The normalized spacial score (nSPS) is 15.7. The molecular weight excluding hydrogens is 324 g/mol. The number of rotatable bonds is 5. The van der Waals surface area contributed by atoms with Gasteiger partial charge < -0.3 is 24.8 Å². The first-order chi connectivity index (χ1) is 11.8. The summed E-state index contributed by atoms with van der Waals surface area (Å²) in [4.78, 5) is 21.9. The molecule has 1 amide bonds. The smallest absolute Gasteiger partial charge is 0.410 e. The first kappa shape index (κ1) is 19.0. The predicted molar refractivity (Wildman–Crippen MR) is 93.4 cm³/mol. The second kappa shape index (κ2) is 8.17. The second-order valence-corrected chi connectivity index (χ2v) is 7.06. The van der Waals surface area contributed by atoms with E-state index in [1.54, 1.807) is 18.9 Å². The number of nitrogens with one attached hydrogen (secondary N) is 2. The van der Waals surface area contributed by atoms with Crippen molar-refractivity contribution in [1.29, 1.82) is 0 Å². The van der Waals surface area contributed by atoms with Gasteiger partial charge in [0.15, 0.2) is 11.8 Å². The number of aryl methyl sites for hydroxylation is 2. The first-order valence-electron chi connectivity index (χ1n) is 8.51. The third-order valence-corrected chi connectivity index (χ3v) is 3.53. The number of ether oxygens (including phenoxy) is 1. The van der Waals surface area contributed by atoms with Gasteiger partial charge in [0.05, 0.1) is 6.04 Å². The van der Waals surface area contributed by atoms with Crippen molar-refractivity contribution in [3.63, 3.8) is 0 Å². The van der Waals surface area contributed by atoms with E-state index in [0.29, 0.717) is 24.8 Å². The van der Waals surface area contributed by atoms with Crippen LogP contribution in [0, 0.1) is 6.92 Å². The largest absolute Gasteiger partial charge is 0.444 e. The van der Waals surface area contributed by atoms with Gasteiger partial charge in [-0.1, -0.05) is 5.16 Å². The van der Waals surface area contributed by atoms with Crippen molar-refractivity contribution in [2.75, 3.05) is 26.7 Å². The minimum Gasteiger partial charge on any atom is -0.444 e. The van der Waals surface area contributed by atoms with Gasteiger partial charge in [-0.05, 0) is 34.1 Å². The standard InChI is InChI=1S/C16H28N6O3/c1-11-19-13(25-21-11)7-6-8-18-14(17-5)20-12-9-22(10-12)15(23)24-16(2,3)4/h12H,6-10H2,1-5H3,(H2,17,18,20). The fraction of sp³-hybridized carbons (Fsp3) is 0.750. The van der Waals surface area contributed by atoms with Gasteiger partial charge in [-0.3, -0.25) is 4.99 Å². The van der Waals surface area contributed by atoms with Gasteiger partial charge >= 0.3 is 6.09 Å². The van der Waals surface area contributed by atoms with E-state index in [0.717, 1.165) is 25.3 Å². The maximum absolute atomic E-state index is 11.9. The number of guanidine groups is 1. The molecule has 0 atom stereocenters. The molecule has 2 heterocycles.